The van der Waals surface area contributed by atoms with Crippen molar-refractivity contribution in [1.29, 1.82) is 0 Å². The zero-order chi connectivity index (χ0) is 29.2. The maximum absolute atomic E-state index is 12.2. The monoisotopic (exact) mass is 573 g/mol. The van der Waals surface area contributed by atoms with Gasteiger partial charge in [-0.05, 0) is 36.6 Å². The molecule has 0 bridgehead atoms. The van der Waals surface area contributed by atoms with Crippen molar-refractivity contribution < 1.29 is 36.2 Å². The van der Waals surface area contributed by atoms with Gasteiger partial charge in [0.15, 0.2) is 11.3 Å². The number of halogens is 5. The van der Waals surface area contributed by atoms with Crippen molar-refractivity contribution in [1.82, 2.24) is 35.5 Å². The molecule has 3 heterocycles. The van der Waals surface area contributed by atoms with Gasteiger partial charge in [-0.3, -0.25) is 9.59 Å². The molecule has 0 radical (unpaired) electrons. The molecule has 0 unspecified atom stereocenters. The molecule has 2 aliphatic carbocycles. The lowest BCUT2D eigenvalue weighted by Gasteiger charge is -2.20. The van der Waals surface area contributed by atoms with Crippen LogP contribution in [0, 0.1) is 6.92 Å². The minimum Gasteiger partial charge on any atom is -0.352 e. The molecule has 0 aromatic carbocycles. The van der Waals surface area contributed by atoms with Crippen LogP contribution < -0.4 is 10.6 Å². The number of nitrogens with one attached hydrogen (secondary N) is 2. The summed E-state index contributed by atoms with van der Waals surface area (Å²) in [4.78, 5) is 27.8. The van der Waals surface area contributed by atoms with Crippen LogP contribution in [0.25, 0.3) is 5.65 Å². The highest BCUT2D eigenvalue weighted by atomic mass is 19.4. The van der Waals surface area contributed by atoms with Crippen LogP contribution in [0.2, 0.25) is 0 Å². The normalized spacial score (nSPS) is 15.8. The third-order valence-corrected chi connectivity index (χ3v) is 5.79. The molecule has 220 valence electrons. The average molecular weight is 574 g/mol. The molecule has 40 heavy (non-hydrogen) atoms. The summed E-state index contributed by atoms with van der Waals surface area (Å²) in [6.45, 7) is 1.72. The summed E-state index contributed by atoms with van der Waals surface area (Å²) in [6, 6.07) is 1.63. The van der Waals surface area contributed by atoms with Crippen molar-refractivity contribution in [2.45, 2.75) is 96.3 Å². The van der Waals surface area contributed by atoms with E-state index < -0.39 is 36.8 Å². The maximum atomic E-state index is 12.2. The van der Waals surface area contributed by atoms with Crippen molar-refractivity contribution in [2.24, 2.45) is 0 Å². The third kappa shape index (κ3) is 11.2. The number of hydrogen-bond donors (Lipinski definition) is 2. The Balaban J connectivity index is 0.000000331. The Kier molecular flexibility index (Phi) is 10.9. The Morgan fingerprint density at radius 2 is 1.70 bits per heavy atom. The molecule has 0 spiro atoms. The summed E-state index contributed by atoms with van der Waals surface area (Å²) in [5, 5.41) is 16.2. The number of aromatic nitrogens is 5. The molecular weight excluding hydrogens is 541 g/mol. The Morgan fingerprint density at radius 3 is 2.25 bits per heavy atom. The van der Waals surface area contributed by atoms with Crippen LogP contribution in [0.5, 0.6) is 0 Å². The Labute approximate surface area is 227 Å². The van der Waals surface area contributed by atoms with Gasteiger partial charge in [-0.25, -0.2) is 22.9 Å². The zero-order valence-corrected chi connectivity index (χ0v) is 22.1. The number of carbonyl (C=O) groups excluding carboxylic acids is 2. The van der Waals surface area contributed by atoms with E-state index in [2.05, 4.69) is 35.7 Å². The van der Waals surface area contributed by atoms with E-state index in [4.69, 9.17) is 0 Å². The fraction of sp³-hybridized carbons (Fsp3) is 0.600. The van der Waals surface area contributed by atoms with Crippen molar-refractivity contribution in [3.63, 3.8) is 0 Å². The van der Waals surface area contributed by atoms with Crippen molar-refractivity contribution in [3.05, 3.63) is 41.1 Å². The lowest BCUT2D eigenvalue weighted by molar-refractivity contribution is -0.144. The van der Waals surface area contributed by atoms with E-state index in [0.717, 1.165) is 6.42 Å². The number of aryl methyl sites for hydroxylation is 1. The van der Waals surface area contributed by atoms with E-state index in [1.807, 2.05) is 0 Å². The molecule has 0 aliphatic heterocycles. The highest BCUT2D eigenvalue weighted by molar-refractivity contribution is 5.92. The van der Waals surface area contributed by atoms with Gasteiger partial charge >= 0.3 is 6.18 Å². The zero-order valence-electron chi connectivity index (χ0n) is 22.1. The summed E-state index contributed by atoms with van der Waals surface area (Å²) >= 11 is 0. The van der Waals surface area contributed by atoms with Crippen LogP contribution in [-0.4, -0.2) is 48.8 Å². The van der Waals surface area contributed by atoms with Gasteiger partial charge in [0, 0.05) is 25.8 Å². The molecule has 2 fully saturated rings. The lowest BCUT2D eigenvalue weighted by atomic mass is 9.97. The molecule has 2 aliphatic rings. The lowest BCUT2D eigenvalue weighted by Crippen LogP contribution is -2.24. The molecule has 0 saturated heterocycles. The van der Waals surface area contributed by atoms with Crippen LogP contribution in [-0.2, 0) is 17.9 Å². The SMILES string of the molecule is C1CC1.Cc1nonc1C(=O)NCc1cn2ncc(CNC(=O)CCC(F)(F)F)cc2n1.FC1(F)CCCCC1. The van der Waals surface area contributed by atoms with Crippen molar-refractivity contribution in [2.75, 3.05) is 0 Å². The topological polar surface area (TPSA) is 127 Å². The first-order chi connectivity index (χ1) is 18.9. The highest BCUT2D eigenvalue weighted by Crippen LogP contribution is 2.32. The first-order valence-corrected chi connectivity index (χ1v) is 13.0. The first-order valence-electron chi connectivity index (χ1n) is 13.0. The van der Waals surface area contributed by atoms with Crippen LogP contribution in [0.15, 0.2) is 23.1 Å². The molecule has 5 rings (SSSR count). The van der Waals surface area contributed by atoms with Crippen molar-refractivity contribution in [3.8, 4) is 0 Å². The quantitative estimate of drug-likeness (QED) is 0.378. The molecule has 15 heteroatoms. The fourth-order valence-electron chi connectivity index (χ4n) is 3.45. The Morgan fingerprint density at radius 1 is 1.02 bits per heavy atom. The molecule has 0 atom stereocenters. The molecule has 3 aromatic rings. The fourth-order valence-corrected chi connectivity index (χ4v) is 3.45. The van der Waals surface area contributed by atoms with E-state index in [-0.39, 0.29) is 31.6 Å². The first kappa shape index (κ1) is 30.9. The third-order valence-electron chi connectivity index (χ3n) is 5.79. The average Bonchev–Trinajstić information content (AvgIpc) is 3.63. The van der Waals surface area contributed by atoms with Crippen LogP contribution in [0.4, 0.5) is 22.0 Å². The van der Waals surface area contributed by atoms with E-state index in [1.54, 1.807) is 19.2 Å². The van der Waals surface area contributed by atoms with Crippen molar-refractivity contribution >= 4 is 17.5 Å². The summed E-state index contributed by atoms with van der Waals surface area (Å²) in [7, 11) is 0. The Hall–Kier alpha value is -3.65. The minimum absolute atomic E-state index is 0.0254. The molecule has 2 N–H and O–H groups in total. The molecule has 3 aromatic heterocycles. The maximum Gasteiger partial charge on any atom is 0.389 e. The number of alkyl halides is 5. The second-order valence-corrected chi connectivity index (χ2v) is 9.65. The number of carbonyl (C=O) groups is 2. The second-order valence-electron chi connectivity index (χ2n) is 9.65. The van der Waals surface area contributed by atoms with Gasteiger partial charge in [0.1, 0.15) is 5.69 Å². The van der Waals surface area contributed by atoms with E-state index in [9.17, 15) is 31.5 Å². The molecule has 2 amide bonds. The van der Waals surface area contributed by atoms with Gasteiger partial charge in [0.05, 0.1) is 31.1 Å². The van der Waals surface area contributed by atoms with E-state index in [1.165, 1.54) is 30.0 Å². The smallest absolute Gasteiger partial charge is 0.352 e. The largest absolute Gasteiger partial charge is 0.389 e. The minimum atomic E-state index is -4.37. The van der Waals surface area contributed by atoms with Crippen LogP contribution >= 0.6 is 0 Å². The summed E-state index contributed by atoms with van der Waals surface area (Å²) < 4.78 is 66.7. The van der Waals surface area contributed by atoms with Crippen LogP contribution in [0.1, 0.15) is 91.6 Å². The van der Waals surface area contributed by atoms with E-state index in [0.29, 0.717) is 35.4 Å². The summed E-state index contributed by atoms with van der Waals surface area (Å²) in [5.41, 5.74) is 1.99. The van der Waals surface area contributed by atoms with Gasteiger partial charge in [0.2, 0.25) is 11.8 Å². The van der Waals surface area contributed by atoms with Gasteiger partial charge < -0.3 is 10.6 Å². The van der Waals surface area contributed by atoms with Gasteiger partial charge in [-0.2, -0.15) is 18.3 Å². The standard InChI is InChI=1S/C16H16F3N7O3.C6H10F2.C3H6/c1-9-14(25-29-24-9)15(28)21-7-11-8-26-12(23-11)4-10(6-22-26)5-20-13(27)2-3-16(17,18)19;7-6(8)4-2-1-3-5-6;1-2-3-1/h4,6,8H,2-3,5,7H2,1H3,(H,20,27)(H,21,28);1-5H2;1-3H2. The number of fused-ring (bicyclic) bond motifs is 1. The van der Waals surface area contributed by atoms with Gasteiger partial charge in [0.25, 0.3) is 5.91 Å². The summed E-state index contributed by atoms with van der Waals surface area (Å²) in [5.74, 6) is -3.49. The Bertz CT molecular complexity index is 1250. The number of hydrogen-bond acceptors (Lipinski definition) is 7. The number of amides is 2. The number of imidazole rings is 1. The molecule has 10 nitrogen and oxygen atoms in total. The van der Waals surface area contributed by atoms with Crippen LogP contribution in [0.3, 0.4) is 0 Å². The number of rotatable bonds is 7. The predicted octanol–water partition coefficient (Wildman–Crippen LogP) is 5.07. The highest BCUT2D eigenvalue weighted by Gasteiger charge is 2.30. The van der Waals surface area contributed by atoms with Gasteiger partial charge in [-0.1, -0.05) is 30.8 Å². The summed E-state index contributed by atoms with van der Waals surface area (Å²) in [6.07, 6.45) is 4.06. The van der Waals surface area contributed by atoms with E-state index >= 15 is 0 Å². The second kappa shape index (κ2) is 14.1. The van der Waals surface area contributed by atoms with Gasteiger partial charge in [-0.15, -0.1) is 0 Å². The predicted molar refractivity (Wildman–Crippen MR) is 132 cm³/mol. The molecular formula is C25H32F5N7O3. The molecule has 2 saturated carbocycles. The number of nitrogens with zero attached hydrogens (tertiary/aromatic N) is 5.